The first-order chi connectivity index (χ1) is 8.79. The maximum absolute atomic E-state index is 5.88. The van der Waals surface area contributed by atoms with Gasteiger partial charge in [0.2, 0.25) is 0 Å². The smallest absolute Gasteiger partial charge is 0.161 e. The van der Waals surface area contributed by atoms with Crippen LogP contribution in [0.1, 0.15) is 18.0 Å². The van der Waals surface area contributed by atoms with Crippen LogP contribution >= 0.6 is 0 Å². The number of nitrogens with zero attached hydrogens (tertiary/aromatic N) is 1. The quantitative estimate of drug-likeness (QED) is 0.859. The number of hydrogen-bond acceptors (Lipinski definition) is 4. The first-order valence-corrected chi connectivity index (χ1v) is 6.59. The molecule has 0 bridgehead atoms. The fourth-order valence-electron chi connectivity index (χ4n) is 3.04. The molecule has 2 heterocycles. The van der Waals surface area contributed by atoms with Crippen molar-refractivity contribution in [2.75, 3.05) is 33.4 Å². The Kier molecular flexibility index (Phi) is 3.14. The van der Waals surface area contributed by atoms with Crippen LogP contribution in [0.25, 0.3) is 0 Å². The summed E-state index contributed by atoms with van der Waals surface area (Å²) >= 11 is 0. The molecular formula is C14H20N2O2. The molecule has 2 atom stereocenters. The Labute approximate surface area is 108 Å². The molecule has 0 aromatic heterocycles. The van der Waals surface area contributed by atoms with Crippen molar-refractivity contribution in [3.8, 4) is 11.5 Å². The zero-order chi connectivity index (χ0) is 12.5. The number of rotatable bonds is 2. The molecule has 2 unspecified atom stereocenters. The van der Waals surface area contributed by atoms with Crippen molar-refractivity contribution in [2.24, 2.45) is 11.7 Å². The number of ether oxygens (including phenoxy) is 2. The standard InChI is InChI=1S/C14H20N2O2/c1-16-5-4-11(9-15)14(16)10-2-3-12-13(8-10)18-7-6-17-12/h2-3,8,11,14H,4-7,9,15H2,1H3. The first-order valence-electron chi connectivity index (χ1n) is 6.59. The van der Waals surface area contributed by atoms with Gasteiger partial charge in [0.1, 0.15) is 13.2 Å². The van der Waals surface area contributed by atoms with E-state index in [0.29, 0.717) is 25.2 Å². The Balaban J connectivity index is 1.91. The minimum Gasteiger partial charge on any atom is -0.486 e. The molecule has 1 aromatic rings. The van der Waals surface area contributed by atoms with Gasteiger partial charge < -0.3 is 15.2 Å². The Hall–Kier alpha value is -1.26. The maximum Gasteiger partial charge on any atom is 0.161 e. The van der Waals surface area contributed by atoms with Crippen LogP contribution in [0.3, 0.4) is 0 Å². The van der Waals surface area contributed by atoms with Crippen molar-refractivity contribution in [1.29, 1.82) is 0 Å². The number of fused-ring (bicyclic) bond motifs is 1. The highest BCUT2D eigenvalue weighted by molar-refractivity contribution is 5.45. The molecule has 2 N–H and O–H groups in total. The average molecular weight is 248 g/mol. The van der Waals surface area contributed by atoms with Crippen LogP contribution in [0.15, 0.2) is 18.2 Å². The van der Waals surface area contributed by atoms with Crippen LogP contribution in [0, 0.1) is 5.92 Å². The van der Waals surface area contributed by atoms with Gasteiger partial charge in [-0.15, -0.1) is 0 Å². The number of likely N-dealkylation sites (tertiary alicyclic amines) is 1. The molecule has 3 rings (SSSR count). The molecule has 1 saturated heterocycles. The molecule has 0 radical (unpaired) electrons. The zero-order valence-electron chi connectivity index (χ0n) is 10.8. The van der Waals surface area contributed by atoms with E-state index in [1.54, 1.807) is 0 Å². The van der Waals surface area contributed by atoms with Crippen LogP contribution < -0.4 is 15.2 Å². The van der Waals surface area contributed by atoms with Gasteiger partial charge in [-0.25, -0.2) is 0 Å². The van der Waals surface area contributed by atoms with Crippen LogP contribution in [0.5, 0.6) is 11.5 Å². The van der Waals surface area contributed by atoms with Gasteiger partial charge in [0.15, 0.2) is 11.5 Å². The Bertz CT molecular complexity index is 436. The van der Waals surface area contributed by atoms with E-state index in [4.69, 9.17) is 15.2 Å². The van der Waals surface area contributed by atoms with Gasteiger partial charge in [0.05, 0.1) is 0 Å². The second kappa shape index (κ2) is 4.78. The fourth-order valence-corrected chi connectivity index (χ4v) is 3.04. The highest BCUT2D eigenvalue weighted by Gasteiger charge is 2.32. The molecule has 0 amide bonds. The van der Waals surface area contributed by atoms with Gasteiger partial charge in [0.25, 0.3) is 0 Å². The van der Waals surface area contributed by atoms with E-state index in [2.05, 4.69) is 24.1 Å². The molecular weight excluding hydrogens is 228 g/mol. The minimum atomic E-state index is 0.408. The molecule has 98 valence electrons. The third-order valence-electron chi connectivity index (χ3n) is 3.98. The predicted molar refractivity (Wildman–Crippen MR) is 70.0 cm³/mol. The largest absolute Gasteiger partial charge is 0.486 e. The van der Waals surface area contributed by atoms with Crippen LogP contribution in [-0.4, -0.2) is 38.3 Å². The molecule has 0 saturated carbocycles. The molecule has 4 heteroatoms. The summed E-state index contributed by atoms with van der Waals surface area (Å²) in [5, 5.41) is 0. The van der Waals surface area contributed by atoms with Crippen LogP contribution in [-0.2, 0) is 0 Å². The van der Waals surface area contributed by atoms with Crippen LogP contribution in [0.4, 0.5) is 0 Å². The normalized spacial score (nSPS) is 27.4. The summed E-state index contributed by atoms with van der Waals surface area (Å²) in [5.74, 6) is 2.27. The summed E-state index contributed by atoms with van der Waals surface area (Å²) in [7, 11) is 2.16. The van der Waals surface area contributed by atoms with Crippen molar-refractivity contribution in [1.82, 2.24) is 4.90 Å². The average Bonchev–Trinajstić information content (AvgIpc) is 2.79. The molecule has 18 heavy (non-hydrogen) atoms. The molecule has 2 aliphatic heterocycles. The van der Waals surface area contributed by atoms with Gasteiger partial charge in [-0.2, -0.15) is 0 Å². The van der Waals surface area contributed by atoms with Gasteiger partial charge in [-0.3, -0.25) is 4.90 Å². The van der Waals surface area contributed by atoms with Crippen molar-refractivity contribution < 1.29 is 9.47 Å². The van der Waals surface area contributed by atoms with Crippen molar-refractivity contribution in [3.05, 3.63) is 23.8 Å². The summed E-state index contributed by atoms with van der Waals surface area (Å²) in [6, 6.07) is 6.68. The molecule has 1 aromatic carbocycles. The van der Waals surface area contributed by atoms with Crippen molar-refractivity contribution in [2.45, 2.75) is 12.5 Å². The van der Waals surface area contributed by atoms with Gasteiger partial charge >= 0.3 is 0 Å². The van der Waals surface area contributed by atoms with E-state index >= 15 is 0 Å². The molecule has 2 aliphatic rings. The topological polar surface area (TPSA) is 47.7 Å². The number of hydrogen-bond donors (Lipinski definition) is 1. The third-order valence-corrected chi connectivity index (χ3v) is 3.98. The number of benzene rings is 1. The van der Waals surface area contributed by atoms with Gasteiger partial charge in [-0.05, 0) is 50.2 Å². The van der Waals surface area contributed by atoms with E-state index in [1.165, 1.54) is 12.0 Å². The van der Waals surface area contributed by atoms with Gasteiger partial charge in [-0.1, -0.05) is 6.07 Å². The van der Waals surface area contributed by atoms with E-state index in [1.807, 2.05) is 6.07 Å². The maximum atomic E-state index is 5.88. The fraction of sp³-hybridized carbons (Fsp3) is 0.571. The highest BCUT2D eigenvalue weighted by Crippen LogP contribution is 2.39. The summed E-state index contributed by atoms with van der Waals surface area (Å²) in [6.45, 7) is 3.13. The van der Waals surface area contributed by atoms with Crippen molar-refractivity contribution in [3.63, 3.8) is 0 Å². The van der Waals surface area contributed by atoms with Crippen molar-refractivity contribution >= 4 is 0 Å². The molecule has 0 aliphatic carbocycles. The monoisotopic (exact) mass is 248 g/mol. The lowest BCUT2D eigenvalue weighted by atomic mass is 9.93. The van der Waals surface area contributed by atoms with Crippen LogP contribution in [0.2, 0.25) is 0 Å². The molecule has 4 nitrogen and oxygen atoms in total. The molecule has 1 fully saturated rings. The Morgan fingerprint density at radius 1 is 1.28 bits per heavy atom. The number of nitrogens with two attached hydrogens (primary N) is 1. The lowest BCUT2D eigenvalue weighted by molar-refractivity contribution is 0.170. The Morgan fingerprint density at radius 3 is 2.83 bits per heavy atom. The summed E-state index contributed by atoms with van der Waals surface area (Å²) in [5.41, 5.74) is 7.17. The SMILES string of the molecule is CN1CCC(CN)C1c1ccc2c(c1)OCCO2. The second-order valence-corrected chi connectivity index (χ2v) is 5.11. The van der Waals surface area contributed by atoms with E-state index < -0.39 is 0 Å². The van der Waals surface area contributed by atoms with Gasteiger partial charge in [0, 0.05) is 6.04 Å². The summed E-state index contributed by atoms with van der Waals surface area (Å²) in [6.07, 6.45) is 1.17. The lowest BCUT2D eigenvalue weighted by Gasteiger charge is -2.26. The molecule has 0 spiro atoms. The predicted octanol–water partition coefficient (Wildman–Crippen LogP) is 1.41. The summed E-state index contributed by atoms with van der Waals surface area (Å²) < 4.78 is 11.2. The third kappa shape index (κ3) is 1.95. The van der Waals surface area contributed by atoms with E-state index in [-0.39, 0.29) is 0 Å². The summed E-state index contributed by atoms with van der Waals surface area (Å²) in [4.78, 5) is 2.38. The van der Waals surface area contributed by atoms with E-state index in [9.17, 15) is 0 Å². The highest BCUT2D eigenvalue weighted by atomic mass is 16.6. The zero-order valence-corrected chi connectivity index (χ0v) is 10.8. The first kappa shape index (κ1) is 11.8. The second-order valence-electron chi connectivity index (χ2n) is 5.11. The van der Waals surface area contributed by atoms with E-state index in [0.717, 1.165) is 24.6 Å². The minimum absolute atomic E-state index is 0.408. The Morgan fingerprint density at radius 2 is 2.06 bits per heavy atom. The lowest BCUT2D eigenvalue weighted by Crippen LogP contribution is -2.25.